The van der Waals surface area contributed by atoms with Gasteiger partial charge < -0.3 is 14.6 Å². The number of fused-ring (bicyclic) bond motifs is 1. The second-order valence-corrected chi connectivity index (χ2v) is 12.1. The molecular formula is C31H26FN3O5S2. The van der Waals surface area contributed by atoms with Crippen molar-refractivity contribution in [2.45, 2.75) is 42.5 Å². The summed E-state index contributed by atoms with van der Waals surface area (Å²) in [4.78, 5) is 28.4. The van der Waals surface area contributed by atoms with Crippen molar-refractivity contribution in [3.63, 3.8) is 0 Å². The molecule has 42 heavy (non-hydrogen) atoms. The molecule has 0 radical (unpaired) electrons. The minimum Gasteiger partial charge on any atom is -0.507 e. The number of anilines is 1. The number of amides is 1. The molecule has 0 bridgehead atoms. The van der Waals surface area contributed by atoms with E-state index in [-0.39, 0.29) is 28.4 Å². The average molecular weight is 604 g/mol. The van der Waals surface area contributed by atoms with E-state index >= 15 is 0 Å². The number of aliphatic hydroxyl groups excluding tert-OH is 1. The molecule has 214 valence electrons. The van der Waals surface area contributed by atoms with Gasteiger partial charge in [0.1, 0.15) is 29.2 Å². The third-order valence-corrected chi connectivity index (χ3v) is 9.10. The number of aliphatic hydroxyl groups is 1. The molecule has 1 amide bonds. The quantitative estimate of drug-likeness (QED) is 0.0821. The van der Waals surface area contributed by atoms with Gasteiger partial charge in [-0.05, 0) is 73.0 Å². The summed E-state index contributed by atoms with van der Waals surface area (Å²) >= 11 is 2.55. The number of ketones is 1. The summed E-state index contributed by atoms with van der Waals surface area (Å²) in [6, 6.07) is 17.6. The van der Waals surface area contributed by atoms with Crippen LogP contribution in [-0.2, 0) is 21.8 Å². The van der Waals surface area contributed by atoms with Gasteiger partial charge >= 0.3 is 5.91 Å². The zero-order valence-corrected chi connectivity index (χ0v) is 24.4. The number of benzene rings is 3. The van der Waals surface area contributed by atoms with Crippen molar-refractivity contribution < 1.29 is 28.6 Å². The Morgan fingerprint density at radius 2 is 1.95 bits per heavy atom. The molecule has 3 heterocycles. The monoisotopic (exact) mass is 603 g/mol. The van der Waals surface area contributed by atoms with Crippen LogP contribution in [-0.4, -0.2) is 39.7 Å². The Kier molecular flexibility index (Phi) is 7.70. The number of rotatable bonds is 8. The summed E-state index contributed by atoms with van der Waals surface area (Å²) in [7, 11) is 0. The predicted octanol–water partition coefficient (Wildman–Crippen LogP) is 6.32. The number of carbonyl (C=O) groups is 2. The van der Waals surface area contributed by atoms with E-state index in [4.69, 9.17) is 9.47 Å². The Morgan fingerprint density at radius 1 is 1.14 bits per heavy atom. The maximum Gasteiger partial charge on any atom is 0.301 e. The van der Waals surface area contributed by atoms with Crippen molar-refractivity contribution in [3.05, 3.63) is 100 Å². The number of hydrogen-bond donors (Lipinski definition) is 1. The second kappa shape index (κ2) is 11.6. The highest BCUT2D eigenvalue weighted by Gasteiger charge is 2.48. The summed E-state index contributed by atoms with van der Waals surface area (Å²) in [5, 5.41) is 20.3. The van der Waals surface area contributed by atoms with E-state index in [1.165, 1.54) is 28.8 Å². The number of nitrogens with zero attached hydrogens (tertiary/aromatic N) is 3. The standard InChI is InChI=1S/C31H26FN3O5S2/c1-3-39-23-6-4-5-19(15-23)26-25(27(36)20-9-12-24-21(14-20)13-17(2)40-24)28(37)29(38)35(26)30-33-34-31(42-30)41-16-18-7-10-22(32)11-8-18/h4-12,14-15,17,26,36H,3,13,16H2,1-2H3/t17-,26+/m1/s1. The Morgan fingerprint density at radius 3 is 2.74 bits per heavy atom. The molecule has 0 saturated carbocycles. The van der Waals surface area contributed by atoms with Gasteiger partial charge in [-0.2, -0.15) is 0 Å². The van der Waals surface area contributed by atoms with Crippen LogP contribution < -0.4 is 14.4 Å². The van der Waals surface area contributed by atoms with Crippen molar-refractivity contribution >= 4 is 45.7 Å². The molecule has 2 atom stereocenters. The van der Waals surface area contributed by atoms with Gasteiger partial charge in [0.2, 0.25) is 5.13 Å². The number of ether oxygens (including phenoxy) is 2. The SMILES string of the molecule is CCOc1cccc([C@H]2C(=C(O)c3ccc4c(c3)C[C@@H](C)O4)C(=O)C(=O)N2c2nnc(SCc3ccc(F)cc3)s2)c1. The summed E-state index contributed by atoms with van der Waals surface area (Å²) < 4.78 is 25.3. The van der Waals surface area contributed by atoms with Gasteiger partial charge in [0.25, 0.3) is 5.78 Å². The lowest BCUT2D eigenvalue weighted by Gasteiger charge is -2.23. The highest BCUT2D eigenvalue weighted by molar-refractivity contribution is 8.00. The lowest BCUT2D eigenvalue weighted by Crippen LogP contribution is -2.29. The van der Waals surface area contributed by atoms with Crippen LogP contribution in [0.3, 0.4) is 0 Å². The maximum atomic E-state index is 13.6. The largest absolute Gasteiger partial charge is 0.507 e. The maximum absolute atomic E-state index is 13.6. The van der Waals surface area contributed by atoms with Gasteiger partial charge in [0.05, 0.1) is 18.2 Å². The molecule has 0 aliphatic carbocycles. The average Bonchev–Trinajstić information content (AvgIpc) is 3.67. The summed E-state index contributed by atoms with van der Waals surface area (Å²) in [5.74, 6) is -0.396. The van der Waals surface area contributed by atoms with E-state index < -0.39 is 17.7 Å². The van der Waals surface area contributed by atoms with Gasteiger partial charge in [-0.3, -0.25) is 14.5 Å². The second-order valence-electron chi connectivity index (χ2n) is 9.90. The van der Waals surface area contributed by atoms with E-state index in [1.54, 1.807) is 54.6 Å². The molecule has 3 aromatic carbocycles. The van der Waals surface area contributed by atoms with Crippen molar-refractivity contribution in [1.29, 1.82) is 0 Å². The zero-order chi connectivity index (χ0) is 29.4. The van der Waals surface area contributed by atoms with Crippen LogP contribution in [0.1, 0.15) is 42.1 Å². The molecule has 8 nitrogen and oxygen atoms in total. The van der Waals surface area contributed by atoms with Gasteiger partial charge in [-0.1, -0.05) is 47.4 Å². The van der Waals surface area contributed by atoms with Crippen LogP contribution in [0.4, 0.5) is 9.52 Å². The van der Waals surface area contributed by atoms with Crippen LogP contribution in [0.25, 0.3) is 5.76 Å². The van der Waals surface area contributed by atoms with E-state index in [0.29, 0.717) is 40.0 Å². The molecular weight excluding hydrogens is 577 g/mol. The van der Waals surface area contributed by atoms with Gasteiger partial charge in [-0.15, -0.1) is 10.2 Å². The van der Waals surface area contributed by atoms with Crippen molar-refractivity contribution in [2.24, 2.45) is 0 Å². The topological polar surface area (TPSA) is 102 Å². The zero-order valence-electron chi connectivity index (χ0n) is 22.7. The first-order chi connectivity index (χ1) is 20.3. The van der Waals surface area contributed by atoms with E-state index in [9.17, 15) is 19.1 Å². The first-order valence-electron chi connectivity index (χ1n) is 13.4. The fourth-order valence-electron chi connectivity index (χ4n) is 5.10. The van der Waals surface area contributed by atoms with Crippen LogP contribution in [0.5, 0.6) is 11.5 Å². The van der Waals surface area contributed by atoms with Crippen LogP contribution in [0, 0.1) is 5.82 Å². The number of thioether (sulfide) groups is 1. The third-order valence-electron chi connectivity index (χ3n) is 6.98. The molecule has 2 aliphatic heterocycles. The predicted molar refractivity (Wildman–Crippen MR) is 158 cm³/mol. The van der Waals surface area contributed by atoms with Gasteiger partial charge in [0.15, 0.2) is 4.34 Å². The summed E-state index contributed by atoms with van der Waals surface area (Å²) in [6.07, 6.45) is 0.685. The molecule has 0 spiro atoms. The van der Waals surface area contributed by atoms with Crippen LogP contribution in [0.2, 0.25) is 0 Å². The minimum absolute atomic E-state index is 0.0109. The van der Waals surface area contributed by atoms with E-state index in [0.717, 1.165) is 28.2 Å². The molecule has 1 saturated heterocycles. The highest BCUT2D eigenvalue weighted by atomic mass is 32.2. The molecule has 6 rings (SSSR count). The molecule has 2 aliphatic rings. The summed E-state index contributed by atoms with van der Waals surface area (Å²) in [6.45, 7) is 4.26. The lowest BCUT2D eigenvalue weighted by atomic mass is 9.94. The molecule has 1 aromatic heterocycles. The molecule has 0 unspecified atom stereocenters. The van der Waals surface area contributed by atoms with Crippen molar-refractivity contribution in [1.82, 2.24) is 10.2 Å². The Bertz CT molecular complexity index is 1700. The fourth-order valence-corrected chi connectivity index (χ4v) is 6.92. The Hall–Kier alpha value is -4.22. The first-order valence-corrected chi connectivity index (χ1v) is 15.2. The van der Waals surface area contributed by atoms with Crippen molar-refractivity contribution in [3.8, 4) is 11.5 Å². The van der Waals surface area contributed by atoms with Gasteiger partial charge in [-0.25, -0.2) is 4.39 Å². The normalized spacial score (nSPS) is 19.2. The first kappa shape index (κ1) is 27.9. The minimum atomic E-state index is -0.961. The number of Topliss-reactive ketones (excluding diaryl/α,β-unsaturated/α-hetero) is 1. The number of carbonyl (C=O) groups excluding carboxylic acids is 2. The molecule has 1 N–H and O–H groups in total. The Labute approximate surface area is 249 Å². The highest BCUT2D eigenvalue weighted by Crippen LogP contribution is 2.45. The summed E-state index contributed by atoms with van der Waals surface area (Å²) in [5.41, 5.74) is 2.78. The molecule has 11 heteroatoms. The smallest absolute Gasteiger partial charge is 0.301 e. The van der Waals surface area contributed by atoms with E-state index in [2.05, 4.69) is 10.2 Å². The van der Waals surface area contributed by atoms with Crippen LogP contribution >= 0.6 is 23.1 Å². The molecule has 4 aromatic rings. The number of aromatic nitrogens is 2. The number of halogens is 1. The third kappa shape index (κ3) is 5.37. The van der Waals surface area contributed by atoms with E-state index in [1.807, 2.05) is 13.8 Å². The van der Waals surface area contributed by atoms with Crippen molar-refractivity contribution in [2.75, 3.05) is 11.5 Å². The Balaban J connectivity index is 1.39. The number of hydrogen-bond acceptors (Lipinski definition) is 9. The molecule has 1 fully saturated rings. The van der Waals surface area contributed by atoms with Gasteiger partial charge in [0, 0.05) is 17.7 Å². The fraction of sp³-hybridized carbons (Fsp3) is 0.226. The van der Waals surface area contributed by atoms with Crippen LogP contribution in [0.15, 0.2) is 76.6 Å². The lowest BCUT2D eigenvalue weighted by molar-refractivity contribution is -0.132.